The van der Waals surface area contributed by atoms with Gasteiger partial charge in [0.2, 0.25) is 5.82 Å². The summed E-state index contributed by atoms with van der Waals surface area (Å²) in [7, 11) is -50.5. The third kappa shape index (κ3) is 23.6. The molecule has 47 nitrogen and oxygen atoms in total. The number of hydrogen-bond acceptors (Lipinski definition) is 34. The number of nitrogens with two attached hydrogens (primary N) is 1. The minimum absolute atomic E-state index is 0.176. The van der Waals surface area contributed by atoms with Crippen molar-refractivity contribution in [2.75, 3.05) is 19.8 Å². The highest BCUT2D eigenvalue weighted by atomic mass is 32.1. The topological polar surface area (TPSA) is 729 Å². The van der Waals surface area contributed by atoms with Crippen LogP contribution in [0.1, 0.15) is 33.2 Å². The quantitative estimate of drug-likeness (QED) is 0.0456. The van der Waals surface area contributed by atoms with E-state index in [9.17, 15) is 104 Å². The molecular formula is C31H51F3N7O40P9S3. The molecule has 4 aliphatic heterocycles. The average Bonchev–Trinajstić information content (AvgIpc) is 1.64. The molecule has 0 aliphatic carbocycles. The first-order chi connectivity index (χ1) is 41.5. The van der Waals surface area contributed by atoms with Crippen molar-refractivity contribution < 1.29 is 197 Å². The molecule has 3 fully saturated rings. The summed E-state index contributed by atoms with van der Waals surface area (Å²) in [5.74, 6) is -3.92. The minimum atomic E-state index is -5.76. The van der Waals surface area contributed by atoms with Gasteiger partial charge in [0.1, 0.15) is 63.9 Å². The SMILES string of the molecule is C=C1N=C(N)C(F)=CN1[C@@H]1O[C@H](COP(=O)(O)OP(=O)(O)OP(=O)(O)O)[C@H](O)C1(C)O.CC1(O)[C@@H](O)[C@@H](COP(=O)(O)OP(=O)(O)OP(=O)(O)O)O[C@H]1n1cc(F)c(=O)[nH]c1=S.CC1(O)[C@@H](O)[C@@H](COP(=O)(O)OP(=O)(O)OP(=O)(O)O)O[C@H]1n1cc(F)c(=S)[nH]c1=S. The van der Waals surface area contributed by atoms with Crippen LogP contribution in [0.3, 0.4) is 0 Å². The molecule has 6 rings (SSSR count). The Morgan fingerprint density at radius 1 is 0.548 bits per heavy atom. The number of nitrogens with one attached hydrogen (secondary N) is 2. The van der Waals surface area contributed by atoms with Crippen LogP contribution in [0, 0.1) is 25.8 Å². The third-order valence-electron chi connectivity index (χ3n) is 11.4. The second kappa shape index (κ2) is 30.1. The van der Waals surface area contributed by atoms with Crippen molar-refractivity contribution in [2.45, 2.75) is 92.9 Å². The van der Waals surface area contributed by atoms with Gasteiger partial charge in [-0.25, -0.2) is 54.9 Å². The number of ether oxygens (including phenoxy) is 3. The highest BCUT2D eigenvalue weighted by molar-refractivity contribution is 7.72. The molecule has 0 saturated carbocycles. The van der Waals surface area contributed by atoms with Crippen LogP contribution in [0.2, 0.25) is 0 Å². The van der Waals surface area contributed by atoms with Gasteiger partial charge in [0.05, 0.1) is 26.0 Å². The zero-order valence-corrected chi connectivity index (χ0v) is 56.0. The molecule has 9 unspecified atom stereocenters. The maximum absolute atomic E-state index is 13.8. The van der Waals surface area contributed by atoms with E-state index >= 15 is 0 Å². The Morgan fingerprint density at radius 3 is 1.18 bits per heavy atom. The van der Waals surface area contributed by atoms with Crippen molar-refractivity contribution >= 4 is 113 Å². The lowest BCUT2D eigenvalue weighted by Crippen LogP contribution is -2.51. The number of aliphatic hydroxyl groups excluding tert-OH is 3. The molecule has 93 heavy (non-hydrogen) atoms. The Hall–Kier alpha value is -1.97. The number of aliphatic hydroxyl groups is 6. The molecule has 534 valence electrons. The van der Waals surface area contributed by atoms with E-state index in [1.165, 1.54) is 0 Å². The van der Waals surface area contributed by atoms with E-state index in [1.54, 1.807) is 0 Å². The highest BCUT2D eigenvalue weighted by Gasteiger charge is 2.58. The van der Waals surface area contributed by atoms with Crippen molar-refractivity contribution in [1.29, 1.82) is 0 Å². The number of nitrogens with zero attached hydrogens (tertiary/aromatic N) is 4. The monoisotopic (exact) mass is 1590 g/mol. The van der Waals surface area contributed by atoms with Crippen LogP contribution in [0.25, 0.3) is 0 Å². The van der Waals surface area contributed by atoms with Gasteiger partial charge in [-0.1, -0.05) is 18.8 Å². The van der Waals surface area contributed by atoms with E-state index in [-0.39, 0.29) is 15.2 Å². The summed E-state index contributed by atoms with van der Waals surface area (Å²) in [4.78, 5) is 127. The summed E-state index contributed by atoms with van der Waals surface area (Å²) in [6.07, 6.45) is -12.9. The van der Waals surface area contributed by atoms with E-state index in [1.807, 2.05) is 4.98 Å². The molecular weight excluding hydrogens is 1540 g/mol. The lowest BCUT2D eigenvalue weighted by atomic mass is 9.96. The summed E-state index contributed by atoms with van der Waals surface area (Å²) in [6, 6.07) is 0. The molecule has 6 heterocycles. The molecule has 2 aromatic heterocycles. The largest absolute Gasteiger partial charge is 0.490 e. The zero-order valence-electron chi connectivity index (χ0n) is 45.5. The summed E-state index contributed by atoms with van der Waals surface area (Å²) >= 11 is 14.5. The van der Waals surface area contributed by atoms with E-state index < -0.39 is 196 Å². The van der Waals surface area contributed by atoms with Crippen molar-refractivity contribution in [2.24, 2.45) is 10.7 Å². The standard InChI is InChI=1S/C11H19FN3O13P3.C10H16FN2O14P3S.C10H16FN2O13P3S2/c1-5-14-9(13)6(12)3-15(5)10-11(2,17)8(16)7(26-10)4-25-30(21,22)28-31(23,24)27-29(18,19)20;1-10(16)6(14)5(25-8(10)13-2-4(11)7(15)12-9(13)31)3-24-29(20,21)27-30(22,23)26-28(17,18)19;1-10(15)6(14)5(24-8(10)13-2-4(11)7(30)12-9(13)31)3-23-28(19,20)26-29(21,22)25-27(16,17)18/h3,7-8,10,16-17H,1,4H2,2H3,(H2,13,14)(H,21,22)(H,23,24)(H2,18,19,20);2,5-6,8,14,16H,3H2,1H3,(H,20,21)(H,22,23)(H,12,15,31)(H2,17,18,19);2,5-6,8,14-15H,3H2,1H3,(H,19,20)(H,21,22)(H,12,30,31)(H2,16,17,18)/t7-,8+,10-,11?;2*5-,6+,8-,10?/m111/s1. The fourth-order valence-electron chi connectivity index (χ4n) is 7.53. The fraction of sp³-hybridized carbons (Fsp3) is 0.581. The summed E-state index contributed by atoms with van der Waals surface area (Å²) < 4.78 is 193. The molecule has 0 aromatic carbocycles. The molecule has 0 spiro atoms. The fourth-order valence-corrected chi connectivity index (χ4v) is 17.3. The van der Waals surface area contributed by atoms with Crippen LogP contribution in [0.4, 0.5) is 13.2 Å². The van der Waals surface area contributed by atoms with Crippen molar-refractivity contribution in [1.82, 2.24) is 24.0 Å². The molecule has 4 aliphatic rings. The molecule has 0 radical (unpaired) electrons. The zero-order chi connectivity index (χ0) is 72.0. The molecule has 2 aromatic rings. The number of amidine groups is 1. The van der Waals surface area contributed by atoms with Gasteiger partial charge in [-0.05, 0) is 45.2 Å². The third-order valence-corrected chi connectivity index (χ3v) is 23.7. The van der Waals surface area contributed by atoms with E-state index in [0.717, 1.165) is 47.2 Å². The maximum Gasteiger partial charge on any atom is 0.490 e. The number of hydrogen-bond donors (Lipinski definition) is 21. The first-order valence-corrected chi connectivity index (χ1v) is 38.1. The lowest BCUT2D eigenvalue weighted by Gasteiger charge is -2.35. The Bertz CT molecular complexity index is 3760. The van der Waals surface area contributed by atoms with E-state index in [2.05, 4.69) is 68.2 Å². The van der Waals surface area contributed by atoms with Gasteiger partial charge in [0, 0.05) is 12.4 Å². The summed E-state index contributed by atoms with van der Waals surface area (Å²) in [6.45, 7) is 3.50. The summed E-state index contributed by atoms with van der Waals surface area (Å²) in [5.41, 5.74) is -2.37. The van der Waals surface area contributed by atoms with Gasteiger partial charge in [0.15, 0.2) is 45.7 Å². The number of rotatable bonds is 24. The van der Waals surface area contributed by atoms with Gasteiger partial charge in [-0.3, -0.25) is 32.5 Å². The highest BCUT2D eigenvalue weighted by Crippen LogP contribution is 2.69. The number of phosphoric ester groups is 3. The molecule has 22 N–H and O–H groups in total. The van der Waals surface area contributed by atoms with E-state index in [4.69, 9.17) is 88.4 Å². The first-order valence-electron chi connectivity index (χ1n) is 23.3. The Labute approximate surface area is 528 Å². The predicted octanol–water partition coefficient (Wildman–Crippen LogP) is -0.714. The molecule has 18 atom stereocenters. The molecule has 3 saturated heterocycles. The smallest absolute Gasteiger partial charge is 0.387 e. The first kappa shape index (κ1) is 83.4. The van der Waals surface area contributed by atoms with E-state index in [0.29, 0.717) is 6.20 Å². The number of aromatic nitrogens is 4. The molecule has 0 bridgehead atoms. The van der Waals surface area contributed by atoms with Crippen LogP contribution in [0.5, 0.6) is 0 Å². The Balaban J connectivity index is 0.000000297. The van der Waals surface area contributed by atoms with Crippen LogP contribution < -0.4 is 11.3 Å². The van der Waals surface area contributed by atoms with Gasteiger partial charge in [-0.15, -0.1) is 0 Å². The van der Waals surface area contributed by atoms with Crippen LogP contribution >= 0.6 is 107 Å². The number of aliphatic imine (C=N–C) groups is 1. The van der Waals surface area contributed by atoms with Gasteiger partial charge < -0.3 is 119 Å². The second-order valence-corrected chi connectivity index (χ2v) is 33.3. The summed E-state index contributed by atoms with van der Waals surface area (Å²) in [5, 5.41) is 62.4. The number of halogens is 3. The average molecular weight is 1590 g/mol. The van der Waals surface area contributed by atoms with Crippen LogP contribution in [-0.2, 0) is 94.7 Å². The van der Waals surface area contributed by atoms with Gasteiger partial charge in [-0.2, -0.15) is 30.3 Å². The second-order valence-electron chi connectivity index (χ2n) is 18.8. The predicted molar refractivity (Wildman–Crippen MR) is 294 cm³/mol. The lowest BCUT2D eigenvalue weighted by molar-refractivity contribution is -0.111. The Kier molecular flexibility index (Phi) is 27.0. The van der Waals surface area contributed by atoms with Crippen molar-refractivity contribution in [3.05, 3.63) is 73.0 Å². The van der Waals surface area contributed by atoms with Crippen LogP contribution in [0.15, 0.2) is 46.6 Å². The van der Waals surface area contributed by atoms with Gasteiger partial charge in [0.25, 0.3) is 5.56 Å². The number of H-pyrrole nitrogens is 2. The van der Waals surface area contributed by atoms with Crippen LogP contribution in [-0.4, -0.2) is 199 Å². The maximum atomic E-state index is 13.8. The number of aromatic amines is 2. The molecule has 62 heteroatoms. The normalized spacial score (nSPS) is 31.6. The minimum Gasteiger partial charge on any atom is -0.387 e. The van der Waals surface area contributed by atoms with Gasteiger partial charge >= 0.3 is 70.4 Å². The number of phosphoric acid groups is 9. The molecule has 0 amide bonds. The Morgan fingerprint density at radius 2 is 0.849 bits per heavy atom. The van der Waals surface area contributed by atoms with Crippen molar-refractivity contribution in [3.8, 4) is 0 Å². The van der Waals surface area contributed by atoms with Crippen molar-refractivity contribution in [3.63, 3.8) is 0 Å².